The van der Waals surface area contributed by atoms with E-state index >= 15 is 0 Å². The second-order valence-corrected chi connectivity index (χ2v) is 9.77. The van der Waals surface area contributed by atoms with Gasteiger partial charge in [0.05, 0.1) is 23.0 Å². The van der Waals surface area contributed by atoms with E-state index in [4.69, 9.17) is 0 Å². The smallest absolute Gasteiger partial charge is 0.0958 e. The normalized spacial score (nSPS) is 23.8. The summed E-state index contributed by atoms with van der Waals surface area (Å²) < 4.78 is 2.31. The fourth-order valence-electron chi connectivity index (χ4n) is 5.66. The summed E-state index contributed by atoms with van der Waals surface area (Å²) in [4.78, 5) is 11.5. The van der Waals surface area contributed by atoms with Crippen LogP contribution in [0, 0.1) is 0 Å². The van der Waals surface area contributed by atoms with Crippen LogP contribution in [0.4, 0.5) is 5.69 Å². The van der Waals surface area contributed by atoms with Crippen molar-refractivity contribution in [1.29, 1.82) is 0 Å². The van der Waals surface area contributed by atoms with Gasteiger partial charge in [0, 0.05) is 43.0 Å². The Morgan fingerprint density at radius 2 is 2.00 bits per heavy atom. The van der Waals surface area contributed by atoms with Crippen LogP contribution in [0.1, 0.15) is 30.7 Å². The number of fused-ring (bicyclic) bond motifs is 4. The third kappa shape index (κ3) is 3.06. The van der Waals surface area contributed by atoms with Gasteiger partial charge in [0.15, 0.2) is 0 Å². The van der Waals surface area contributed by atoms with Crippen LogP contribution < -0.4 is 4.90 Å². The van der Waals surface area contributed by atoms with Crippen LogP contribution in [-0.4, -0.2) is 52.4 Å². The van der Waals surface area contributed by atoms with Crippen molar-refractivity contribution < 1.29 is 0 Å². The minimum Gasteiger partial charge on any atom is -0.367 e. The first-order valence-electron chi connectivity index (χ1n) is 11.0. The Labute approximate surface area is 176 Å². The van der Waals surface area contributed by atoms with Crippen LogP contribution in [0.15, 0.2) is 53.7 Å². The Morgan fingerprint density at radius 3 is 3.00 bits per heavy atom. The molecule has 0 radical (unpaired) electrons. The first-order chi connectivity index (χ1) is 14.4. The summed E-state index contributed by atoms with van der Waals surface area (Å²) in [7, 11) is 0. The van der Waals surface area contributed by atoms with Gasteiger partial charge in [-0.2, -0.15) is 0 Å². The fraction of sp³-hybridized carbons (Fsp3) is 0.458. The van der Waals surface area contributed by atoms with Crippen LogP contribution in [0.25, 0.3) is 11.0 Å². The van der Waals surface area contributed by atoms with Crippen LogP contribution in [-0.2, 0) is 6.54 Å². The van der Waals surface area contributed by atoms with E-state index in [1.165, 1.54) is 61.6 Å². The highest BCUT2D eigenvalue weighted by molar-refractivity contribution is 7.99. The second-order valence-electron chi connectivity index (χ2n) is 8.63. The first-order valence-corrected chi connectivity index (χ1v) is 12.0. The highest BCUT2D eigenvalue weighted by Gasteiger charge is 2.43. The number of piperidine rings is 1. The van der Waals surface area contributed by atoms with Gasteiger partial charge in [-0.15, -0.1) is 11.8 Å². The van der Waals surface area contributed by atoms with E-state index in [1.54, 1.807) is 11.3 Å². The second kappa shape index (κ2) is 7.37. The molecule has 1 saturated heterocycles. The van der Waals surface area contributed by atoms with Crippen molar-refractivity contribution in [2.75, 3.05) is 36.8 Å². The maximum atomic E-state index is 4.53. The summed E-state index contributed by atoms with van der Waals surface area (Å²) in [6.45, 7) is 5.92. The number of imidazole rings is 1. The van der Waals surface area contributed by atoms with Crippen LogP contribution in [0.2, 0.25) is 0 Å². The molecule has 0 N–H and O–H groups in total. The molecule has 4 nitrogen and oxygen atoms in total. The maximum absolute atomic E-state index is 4.53. The Balaban J connectivity index is 1.15. The van der Waals surface area contributed by atoms with Gasteiger partial charge in [-0.1, -0.05) is 24.3 Å². The molecule has 29 heavy (non-hydrogen) atoms. The zero-order chi connectivity index (χ0) is 19.2. The van der Waals surface area contributed by atoms with Crippen molar-refractivity contribution in [3.63, 3.8) is 0 Å². The lowest BCUT2D eigenvalue weighted by Crippen LogP contribution is -2.46. The molecule has 0 spiro atoms. The average Bonchev–Trinajstić information content (AvgIpc) is 3.22. The van der Waals surface area contributed by atoms with Gasteiger partial charge < -0.3 is 14.4 Å². The molecule has 6 rings (SSSR count). The SMILES string of the molecule is c1cc2c3c(c1)[C@H]1CN(CCCn4cnc5ccccc54)CC[C@H]1N3CCCS2. The Bertz CT molecular complexity index is 1030. The molecule has 0 saturated carbocycles. The summed E-state index contributed by atoms with van der Waals surface area (Å²) >= 11 is 2.06. The maximum Gasteiger partial charge on any atom is 0.0958 e. The molecule has 2 atom stereocenters. The summed E-state index contributed by atoms with van der Waals surface area (Å²) in [5.74, 6) is 1.95. The van der Waals surface area contributed by atoms with E-state index in [2.05, 4.69) is 73.6 Å². The zero-order valence-electron chi connectivity index (χ0n) is 16.8. The van der Waals surface area contributed by atoms with Gasteiger partial charge in [0.1, 0.15) is 0 Å². The molecule has 3 aliphatic rings. The number of likely N-dealkylation sites (tertiary alicyclic amines) is 1. The average molecular weight is 405 g/mol. The molecule has 5 heteroatoms. The molecule has 3 aliphatic heterocycles. The molecule has 0 amide bonds. The third-order valence-electron chi connectivity index (χ3n) is 6.98. The topological polar surface area (TPSA) is 24.3 Å². The lowest BCUT2D eigenvalue weighted by Gasteiger charge is -2.39. The van der Waals surface area contributed by atoms with Crippen molar-refractivity contribution in [2.24, 2.45) is 0 Å². The number of aryl methyl sites for hydroxylation is 1. The van der Waals surface area contributed by atoms with Crippen LogP contribution >= 0.6 is 11.8 Å². The summed E-state index contributed by atoms with van der Waals surface area (Å²) in [5.41, 5.74) is 5.56. The molecule has 0 bridgehead atoms. The van der Waals surface area contributed by atoms with Crippen LogP contribution in [0.3, 0.4) is 0 Å². The van der Waals surface area contributed by atoms with Crippen molar-refractivity contribution in [1.82, 2.24) is 14.5 Å². The molecule has 0 aliphatic carbocycles. The highest BCUT2D eigenvalue weighted by atomic mass is 32.2. The molecule has 1 aromatic heterocycles. The molecule has 150 valence electrons. The minimum atomic E-state index is 0.687. The number of hydrogen-bond acceptors (Lipinski definition) is 4. The third-order valence-corrected chi connectivity index (χ3v) is 8.11. The number of aromatic nitrogens is 2. The standard InChI is InChI=1S/C24H28N4S/c1-2-8-22-20(7-1)25-17-27(22)12-4-11-26-14-10-21-19(16-26)18-6-3-9-23-24(18)28(21)13-5-15-29-23/h1-3,6-9,17,19,21H,4-5,10-16H2/t19-,21-/m1/s1. The largest absolute Gasteiger partial charge is 0.367 e. The molecule has 1 fully saturated rings. The zero-order valence-corrected chi connectivity index (χ0v) is 17.7. The fourth-order valence-corrected chi connectivity index (χ4v) is 6.70. The lowest BCUT2D eigenvalue weighted by atomic mass is 9.89. The van der Waals surface area contributed by atoms with E-state index in [9.17, 15) is 0 Å². The van der Waals surface area contributed by atoms with E-state index in [1.807, 2.05) is 6.33 Å². The number of rotatable bonds is 4. The van der Waals surface area contributed by atoms with E-state index in [0.717, 1.165) is 18.1 Å². The lowest BCUT2D eigenvalue weighted by molar-refractivity contribution is 0.189. The van der Waals surface area contributed by atoms with Crippen molar-refractivity contribution in [2.45, 2.75) is 42.7 Å². The van der Waals surface area contributed by atoms with E-state index in [0.29, 0.717) is 5.92 Å². The number of thioether (sulfide) groups is 1. The monoisotopic (exact) mass is 404 g/mol. The van der Waals surface area contributed by atoms with Gasteiger partial charge in [0.25, 0.3) is 0 Å². The minimum absolute atomic E-state index is 0.687. The van der Waals surface area contributed by atoms with E-state index < -0.39 is 0 Å². The predicted molar refractivity (Wildman–Crippen MR) is 121 cm³/mol. The number of anilines is 1. The first kappa shape index (κ1) is 17.8. The number of nitrogens with zero attached hydrogens (tertiary/aromatic N) is 4. The number of para-hydroxylation sites is 3. The van der Waals surface area contributed by atoms with Gasteiger partial charge in [-0.25, -0.2) is 4.98 Å². The Morgan fingerprint density at radius 1 is 1.03 bits per heavy atom. The molecule has 0 unspecified atom stereocenters. The van der Waals surface area contributed by atoms with Gasteiger partial charge in [0.2, 0.25) is 0 Å². The Kier molecular flexibility index (Phi) is 4.53. The van der Waals surface area contributed by atoms with Gasteiger partial charge >= 0.3 is 0 Å². The molecule has 2 aromatic carbocycles. The van der Waals surface area contributed by atoms with E-state index in [-0.39, 0.29) is 0 Å². The Hall–Kier alpha value is -1.98. The number of benzene rings is 2. The molecule has 3 aromatic rings. The van der Waals surface area contributed by atoms with Crippen molar-refractivity contribution in [3.05, 3.63) is 54.4 Å². The quantitative estimate of drug-likeness (QED) is 0.634. The molecule has 4 heterocycles. The molecular formula is C24H28N4S. The van der Waals surface area contributed by atoms with Crippen molar-refractivity contribution in [3.8, 4) is 0 Å². The van der Waals surface area contributed by atoms with Gasteiger partial charge in [-0.3, -0.25) is 0 Å². The van der Waals surface area contributed by atoms with Crippen molar-refractivity contribution >= 4 is 28.5 Å². The summed E-state index contributed by atoms with van der Waals surface area (Å²) in [5, 5.41) is 0. The summed E-state index contributed by atoms with van der Waals surface area (Å²) in [6.07, 6.45) is 5.80. The van der Waals surface area contributed by atoms with Gasteiger partial charge in [-0.05, 0) is 55.3 Å². The summed E-state index contributed by atoms with van der Waals surface area (Å²) in [6, 6.07) is 16.2. The predicted octanol–water partition coefficient (Wildman–Crippen LogP) is 4.60. The van der Waals surface area contributed by atoms with Crippen LogP contribution in [0.5, 0.6) is 0 Å². The number of hydrogen-bond donors (Lipinski definition) is 0. The molecular weight excluding hydrogens is 376 g/mol. The highest BCUT2D eigenvalue weighted by Crippen LogP contribution is 2.50.